The first-order valence-electron chi connectivity index (χ1n) is 8.18. The minimum Gasteiger partial charge on any atom is -0.497 e. The number of rotatable bonds is 4. The van der Waals surface area contributed by atoms with Crippen molar-refractivity contribution in [2.75, 3.05) is 13.7 Å². The number of hydrogen-bond acceptors (Lipinski definition) is 5. The van der Waals surface area contributed by atoms with Crippen LogP contribution in [0.3, 0.4) is 0 Å². The number of methoxy groups -OCH3 is 1. The average Bonchev–Trinajstić information content (AvgIpc) is 3.25. The number of aromatic amines is 1. The van der Waals surface area contributed by atoms with Crippen LogP contribution in [0, 0.1) is 0 Å². The van der Waals surface area contributed by atoms with Gasteiger partial charge in [-0.2, -0.15) is 0 Å². The summed E-state index contributed by atoms with van der Waals surface area (Å²) in [5.74, 6) is 0.955. The highest BCUT2D eigenvalue weighted by Crippen LogP contribution is 2.29. The van der Waals surface area contributed by atoms with Gasteiger partial charge in [0.15, 0.2) is 5.16 Å². The highest BCUT2D eigenvalue weighted by atomic mass is 32.2. The summed E-state index contributed by atoms with van der Waals surface area (Å²) >= 11 is 3.26. The van der Waals surface area contributed by atoms with E-state index in [9.17, 15) is 4.79 Å². The fourth-order valence-electron chi connectivity index (χ4n) is 3.06. The molecule has 0 saturated heterocycles. The van der Waals surface area contributed by atoms with Crippen molar-refractivity contribution in [3.05, 3.63) is 40.1 Å². The molecule has 130 valence electrons. The van der Waals surface area contributed by atoms with Crippen LogP contribution in [-0.4, -0.2) is 39.7 Å². The molecule has 1 aliphatic rings. The normalized spacial score (nSPS) is 15.2. The molecule has 0 bridgehead atoms. The molecule has 7 heteroatoms. The van der Waals surface area contributed by atoms with Gasteiger partial charge in [0.2, 0.25) is 5.91 Å². The lowest BCUT2D eigenvalue weighted by Gasteiger charge is -2.29. The number of thiophene rings is 1. The van der Waals surface area contributed by atoms with E-state index in [1.807, 2.05) is 30.0 Å². The van der Waals surface area contributed by atoms with E-state index in [-0.39, 0.29) is 11.2 Å². The summed E-state index contributed by atoms with van der Waals surface area (Å²) in [5.41, 5.74) is 3.09. The van der Waals surface area contributed by atoms with Crippen LogP contribution < -0.4 is 4.74 Å². The third kappa shape index (κ3) is 3.26. The van der Waals surface area contributed by atoms with Crippen molar-refractivity contribution in [1.82, 2.24) is 14.9 Å². The molecule has 1 unspecified atom stereocenters. The number of amides is 1. The number of imidazole rings is 1. The van der Waals surface area contributed by atoms with Crippen LogP contribution in [0.4, 0.5) is 0 Å². The van der Waals surface area contributed by atoms with E-state index in [0.29, 0.717) is 0 Å². The third-order valence-electron chi connectivity index (χ3n) is 4.42. The number of H-pyrrole nitrogens is 1. The minimum atomic E-state index is -0.178. The number of fused-ring (bicyclic) bond motifs is 2. The predicted octanol–water partition coefficient (Wildman–Crippen LogP) is 3.70. The highest BCUT2D eigenvalue weighted by molar-refractivity contribution is 8.00. The Kier molecular flexibility index (Phi) is 4.43. The van der Waals surface area contributed by atoms with E-state index in [2.05, 4.69) is 21.4 Å². The second kappa shape index (κ2) is 6.72. The van der Waals surface area contributed by atoms with Crippen LogP contribution in [0.2, 0.25) is 0 Å². The zero-order valence-electron chi connectivity index (χ0n) is 14.1. The quantitative estimate of drug-likeness (QED) is 0.709. The molecule has 0 aliphatic carbocycles. The second-order valence-corrected chi connectivity index (χ2v) is 8.39. The van der Waals surface area contributed by atoms with E-state index in [0.717, 1.165) is 41.4 Å². The number of nitrogens with zero attached hydrogens (tertiary/aromatic N) is 2. The van der Waals surface area contributed by atoms with Crippen molar-refractivity contribution in [1.29, 1.82) is 0 Å². The number of aromatic nitrogens is 2. The molecule has 3 heterocycles. The Morgan fingerprint density at radius 2 is 2.32 bits per heavy atom. The second-order valence-electron chi connectivity index (χ2n) is 6.06. The van der Waals surface area contributed by atoms with Crippen molar-refractivity contribution in [2.24, 2.45) is 0 Å². The Balaban J connectivity index is 1.46. The Morgan fingerprint density at radius 1 is 1.44 bits per heavy atom. The standard InChI is InChI=1S/C18H19N3O2S2/c1-11(17(22)21-7-5-16-12(10-21)6-8-24-16)25-18-19-14-4-3-13(23-2)9-15(14)20-18/h3-4,6,8-9,11H,5,7,10H2,1-2H3,(H,19,20). The summed E-state index contributed by atoms with van der Waals surface area (Å²) in [6, 6.07) is 7.85. The Bertz CT molecular complexity index is 918. The lowest BCUT2D eigenvalue weighted by Crippen LogP contribution is -2.39. The van der Waals surface area contributed by atoms with Crippen LogP contribution in [0.1, 0.15) is 17.4 Å². The van der Waals surface area contributed by atoms with Gasteiger partial charge in [-0.3, -0.25) is 4.79 Å². The zero-order valence-corrected chi connectivity index (χ0v) is 15.7. The highest BCUT2D eigenvalue weighted by Gasteiger charge is 2.26. The molecule has 0 spiro atoms. The molecule has 3 aromatic rings. The molecule has 4 rings (SSSR count). The fourth-order valence-corrected chi connectivity index (χ4v) is 4.85. The molecule has 1 atom stereocenters. The van der Waals surface area contributed by atoms with E-state index in [1.54, 1.807) is 18.4 Å². The number of carbonyl (C=O) groups excluding carboxylic acids is 1. The van der Waals surface area contributed by atoms with Gasteiger partial charge in [0, 0.05) is 24.0 Å². The van der Waals surface area contributed by atoms with Gasteiger partial charge in [-0.1, -0.05) is 11.8 Å². The molecule has 1 aliphatic heterocycles. The van der Waals surface area contributed by atoms with Crippen molar-refractivity contribution in [3.63, 3.8) is 0 Å². The molecular formula is C18H19N3O2S2. The van der Waals surface area contributed by atoms with Gasteiger partial charge >= 0.3 is 0 Å². The topological polar surface area (TPSA) is 58.2 Å². The van der Waals surface area contributed by atoms with Crippen molar-refractivity contribution in [2.45, 2.75) is 30.3 Å². The monoisotopic (exact) mass is 373 g/mol. The summed E-state index contributed by atoms with van der Waals surface area (Å²) in [6.45, 7) is 3.47. The van der Waals surface area contributed by atoms with Gasteiger partial charge in [0.05, 0.1) is 23.4 Å². The molecular weight excluding hydrogens is 354 g/mol. The first kappa shape index (κ1) is 16.5. The van der Waals surface area contributed by atoms with Crippen molar-refractivity contribution >= 4 is 40.0 Å². The molecule has 0 saturated carbocycles. The lowest BCUT2D eigenvalue weighted by atomic mass is 10.1. The molecule has 1 amide bonds. The smallest absolute Gasteiger partial charge is 0.236 e. The third-order valence-corrected chi connectivity index (χ3v) is 6.42. The molecule has 0 radical (unpaired) electrons. The maximum atomic E-state index is 12.8. The predicted molar refractivity (Wildman–Crippen MR) is 101 cm³/mol. The molecule has 1 aromatic carbocycles. The van der Waals surface area contributed by atoms with Gasteiger partial charge in [-0.05, 0) is 42.5 Å². The Hall–Kier alpha value is -1.99. The summed E-state index contributed by atoms with van der Waals surface area (Å²) in [7, 11) is 1.64. The van der Waals surface area contributed by atoms with Crippen molar-refractivity contribution in [3.8, 4) is 5.75 Å². The van der Waals surface area contributed by atoms with Crippen LogP contribution in [0.5, 0.6) is 5.75 Å². The van der Waals surface area contributed by atoms with E-state index >= 15 is 0 Å². The average molecular weight is 374 g/mol. The van der Waals surface area contributed by atoms with E-state index in [4.69, 9.17) is 4.74 Å². The number of hydrogen-bond donors (Lipinski definition) is 1. The van der Waals surface area contributed by atoms with E-state index in [1.165, 1.54) is 22.2 Å². The SMILES string of the molecule is COc1ccc2nc(SC(C)C(=O)N3CCc4sccc4C3)[nH]c2c1. The summed E-state index contributed by atoms with van der Waals surface area (Å²) in [5, 5.41) is 2.69. The number of benzene rings is 1. The minimum absolute atomic E-state index is 0.167. The summed E-state index contributed by atoms with van der Waals surface area (Å²) < 4.78 is 5.24. The van der Waals surface area contributed by atoms with Gasteiger partial charge in [-0.15, -0.1) is 11.3 Å². The lowest BCUT2D eigenvalue weighted by molar-refractivity contribution is -0.131. The van der Waals surface area contributed by atoms with Gasteiger partial charge in [0.25, 0.3) is 0 Å². The van der Waals surface area contributed by atoms with E-state index < -0.39 is 0 Å². The maximum absolute atomic E-state index is 12.8. The van der Waals surface area contributed by atoms with Gasteiger partial charge in [-0.25, -0.2) is 4.98 Å². The number of carbonyl (C=O) groups is 1. The fraction of sp³-hybridized carbons (Fsp3) is 0.333. The molecule has 1 N–H and O–H groups in total. The van der Waals surface area contributed by atoms with Crippen molar-refractivity contribution < 1.29 is 9.53 Å². The van der Waals surface area contributed by atoms with Crippen LogP contribution in [-0.2, 0) is 17.8 Å². The first-order chi connectivity index (χ1) is 12.1. The molecule has 5 nitrogen and oxygen atoms in total. The van der Waals surface area contributed by atoms with Crippen LogP contribution >= 0.6 is 23.1 Å². The number of ether oxygens (including phenoxy) is 1. The molecule has 25 heavy (non-hydrogen) atoms. The number of nitrogens with one attached hydrogen (secondary N) is 1. The number of thioether (sulfide) groups is 1. The Labute approximate surface area is 154 Å². The first-order valence-corrected chi connectivity index (χ1v) is 9.94. The van der Waals surface area contributed by atoms with Crippen LogP contribution in [0.15, 0.2) is 34.8 Å². The largest absolute Gasteiger partial charge is 0.497 e. The molecule has 2 aromatic heterocycles. The molecule has 0 fully saturated rings. The Morgan fingerprint density at radius 3 is 3.16 bits per heavy atom. The summed E-state index contributed by atoms with van der Waals surface area (Å²) in [6.07, 6.45) is 0.959. The van der Waals surface area contributed by atoms with Gasteiger partial charge < -0.3 is 14.6 Å². The summed E-state index contributed by atoms with van der Waals surface area (Å²) in [4.78, 5) is 24.0. The van der Waals surface area contributed by atoms with Crippen LogP contribution in [0.25, 0.3) is 11.0 Å². The zero-order chi connectivity index (χ0) is 17.4. The van der Waals surface area contributed by atoms with Gasteiger partial charge in [0.1, 0.15) is 5.75 Å². The maximum Gasteiger partial charge on any atom is 0.236 e.